The fourth-order valence-corrected chi connectivity index (χ4v) is 3.42. The summed E-state index contributed by atoms with van der Waals surface area (Å²) in [5.74, 6) is -12.2. The second-order valence-corrected chi connectivity index (χ2v) is 7.39. The van der Waals surface area contributed by atoms with Gasteiger partial charge in [-0.3, -0.25) is 4.79 Å². The first-order chi connectivity index (χ1) is 12.0. The number of carbonyl (C=O) groups is 1. The first-order valence-electron chi connectivity index (χ1n) is 7.06. The summed E-state index contributed by atoms with van der Waals surface area (Å²) in [6.07, 6.45) is 0. The molecule has 0 aromatic heterocycles. The molecule has 0 N–H and O–H groups in total. The Hall–Kier alpha value is -2.33. The van der Waals surface area contributed by atoms with Crippen molar-refractivity contribution in [3.63, 3.8) is 0 Å². The molecule has 0 atom stereocenters. The highest BCUT2D eigenvalue weighted by atomic mass is 32.2. The highest BCUT2D eigenvalue weighted by molar-refractivity contribution is 7.89. The molecule has 140 valence electrons. The molecule has 0 heterocycles. The van der Waals surface area contributed by atoms with E-state index < -0.39 is 50.5 Å². The van der Waals surface area contributed by atoms with E-state index in [1.165, 1.54) is 31.2 Å². The van der Waals surface area contributed by atoms with Crippen LogP contribution in [-0.4, -0.2) is 25.6 Å². The average molecular weight is 393 g/mol. The van der Waals surface area contributed by atoms with Gasteiger partial charge >= 0.3 is 0 Å². The van der Waals surface area contributed by atoms with Gasteiger partial charge in [0.15, 0.2) is 33.9 Å². The SMILES string of the molecule is CC(=O)c1ccc(CN(C)S(=O)(=O)c2c(F)c(F)c(F)c(F)c2F)cc1. The van der Waals surface area contributed by atoms with Gasteiger partial charge in [0.2, 0.25) is 15.8 Å². The summed E-state index contributed by atoms with van der Waals surface area (Å²) in [6, 6.07) is 5.63. The molecule has 0 amide bonds. The number of halogens is 5. The molecular formula is C16H12F5NO3S. The molecule has 0 spiro atoms. The van der Waals surface area contributed by atoms with Crippen LogP contribution < -0.4 is 0 Å². The molecule has 0 saturated heterocycles. The average Bonchev–Trinajstić information content (AvgIpc) is 2.58. The van der Waals surface area contributed by atoms with Gasteiger partial charge in [-0.15, -0.1) is 0 Å². The Labute approximate surface area is 145 Å². The Balaban J connectivity index is 2.43. The van der Waals surface area contributed by atoms with Crippen LogP contribution >= 0.6 is 0 Å². The first-order valence-corrected chi connectivity index (χ1v) is 8.50. The van der Waals surface area contributed by atoms with Gasteiger partial charge in [0.05, 0.1) is 0 Å². The lowest BCUT2D eigenvalue weighted by Crippen LogP contribution is -2.29. The first kappa shape index (κ1) is 20.0. The number of hydrogen-bond acceptors (Lipinski definition) is 3. The van der Waals surface area contributed by atoms with Crippen molar-refractivity contribution in [3.05, 3.63) is 64.5 Å². The largest absolute Gasteiger partial charge is 0.295 e. The van der Waals surface area contributed by atoms with Gasteiger partial charge in [-0.25, -0.2) is 30.4 Å². The van der Waals surface area contributed by atoms with E-state index in [2.05, 4.69) is 0 Å². The molecule has 0 bridgehead atoms. The van der Waals surface area contributed by atoms with Crippen LogP contribution in [0.2, 0.25) is 0 Å². The van der Waals surface area contributed by atoms with Crippen LogP contribution in [0, 0.1) is 29.1 Å². The zero-order valence-corrected chi connectivity index (χ0v) is 14.3. The van der Waals surface area contributed by atoms with E-state index >= 15 is 0 Å². The van der Waals surface area contributed by atoms with Crippen molar-refractivity contribution < 1.29 is 35.2 Å². The molecule has 2 aromatic rings. The van der Waals surface area contributed by atoms with E-state index in [-0.39, 0.29) is 5.78 Å². The molecule has 10 heteroatoms. The number of Topliss-reactive ketones (excluding diaryl/α,β-unsaturated/α-hetero) is 1. The van der Waals surface area contributed by atoms with Crippen molar-refractivity contribution in [3.8, 4) is 0 Å². The molecule has 0 aliphatic rings. The summed E-state index contributed by atoms with van der Waals surface area (Å²) < 4.78 is 92.2. The molecule has 0 fully saturated rings. The van der Waals surface area contributed by atoms with Gasteiger partial charge in [-0.2, -0.15) is 4.31 Å². The minimum absolute atomic E-state index is 0.223. The van der Waals surface area contributed by atoms with Gasteiger partial charge in [0.25, 0.3) is 0 Å². The Bertz CT molecular complexity index is 945. The van der Waals surface area contributed by atoms with Crippen LogP contribution in [0.25, 0.3) is 0 Å². The maximum absolute atomic E-state index is 13.8. The van der Waals surface area contributed by atoms with Crippen LogP contribution in [0.3, 0.4) is 0 Å². The zero-order valence-electron chi connectivity index (χ0n) is 13.5. The van der Waals surface area contributed by atoms with Crippen molar-refractivity contribution in [2.45, 2.75) is 18.4 Å². The van der Waals surface area contributed by atoms with Crippen LogP contribution in [0.5, 0.6) is 0 Å². The number of nitrogens with zero attached hydrogens (tertiary/aromatic N) is 1. The minimum Gasteiger partial charge on any atom is -0.295 e. The van der Waals surface area contributed by atoms with Crippen molar-refractivity contribution >= 4 is 15.8 Å². The number of ketones is 1. The fraction of sp³-hybridized carbons (Fsp3) is 0.188. The molecule has 0 saturated carbocycles. The molecule has 0 aliphatic heterocycles. The predicted molar refractivity (Wildman–Crippen MR) is 81.3 cm³/mol. The third kappa shape index (κ3) is 3.47. The third-order valence-electron chi connectivity index (χ3n) is 3.60. The molecule has 2 aromatic carbocycles. The topological polar surface area (TPSA) is 54.5 Å². The summed E-state index contributed by atoms with van der Waals surface area (Å²) in [7, 11) is -4.09. The molecule has 0 aliphatic carbocycles. The quantitative estimate of drug-likeness (QED) is 0.339. The third-order valence-corrected chi connectivity index (χ3v) is 5.43. The van der Waals surface area contributed by atoms with Gasteiger partial charge < -0.3 is 0 Å². The highest BCUT2D eigenvalue weighted by Crippen LogP contribution is 2.29. The maximum atomic E-state index is 13.8. The molecule has 26 heavy (non-hydrogen) atoms. The second-order valence-electron chi connectivity index (χ2n) is 5.41. The van der Waals surface area contributed by atoms with E-state index in [0.717, 1.165) is 7.05 Å². The molecule has 4 nitrogen and oxygen atoms in total. The Morgan fingerprint density at radius 2 is 1.31 bits per heavy atom. The summed E-state index contributed by atoms with van der Waals surface area (Å²) in [5, 5.41) is 0. The lowest BCUT2D eigenvalue weighted by Gasteiger charge is -2.18. The van der Waals surface area contributed by atoms with Crippen molar-refractivity contribution in [2.75, 3.05) is 7.05 Å². The Morgan fingerprint density at radius 1 is 0.885 bits per heavy atom. The van der Waals surface area contributed by atoms with Crippen molar-refractivity contribution in [1.29, 1.82) is 0 Å². The van der Waals surface area contributed by atoms with Gasteiger partial charge in [-0.05, 0) is 12.5 Å². The molecule has 2 rings (SSSR count). The van der Waals surface area contributed by atoms with E-state index in [1.54, 1.807) is 0 Å². The van der Waals surface area contributed by atoms with E-state index in [9.17, 15) is 35.2 Å². The number of sulfonamides is 1. The van der Waals surface area contributed by atoms with Crippen molar-refractivity contribution in [1.82, 2.24) is 4.31 Å². The summed E-state index contributed by atoms with van der Waals surface area (Å²) >= 11 is 0. The monoisotopic (exact) mass is 393 g/mol. The smallest absolute Gasteiger partial charge is 0.249 e. The number of carbonyl (C=O) groups excluding carboxylic acids is 1. The number of rotatable bonds is 5. The van der Waals surface area contributed by atoms with Crippen LogP contribution in [0.4, 0.5) is 22.0 Å². The van der Waals surface area contributed by atoms with Crippen LogP contribution in [0.15, 0.2) is 29.2 Å². The van der Waals surface area contributed by atoms with E-state index in [1.807, 2.05) is 0 Å². The summed E-state index contributed by atoms with van der Waals surface area (Å²) in [6.45, 7) is 0.911. The van der Waals surface area contributed by atoms with Crippen LogP contribution in [-0.2, 0) is 16.6 Å². The predicted octanol–water partition coefficient (Wildman–Crippen LogP) is 3.41. The Morgan fingerprint density at radius 3 is 1.73 bits per heavy atom. The minimum atomic E-state index is -5.02. The lowest BCUT2D eigenvalue weighted by molar-refractivity contribution is 0.101. The summed E-state index contributed by atoms with van der Waals surface area (Å²) in [4.78, 5) is 9.28. The Kier molecular flexibility index (Phi) is 5.47. The standard InChI is InChI=1S/C16H12F5NO3S/c1-8(23)10-5-3-9(4-6-10)7-22(2)26(24,25)16-14(20)12(18)11(17)13(19)15(16)21/h3-6H,7H2,1-2H3. The number of hydrogen-bond donors (Lipinski definition) is 0. The zero-order chi connectivity index (χ0) is 19.8. The summed E-state index contributed by atoms with van der Waals surface area (Å²) in [5.41, 5.74) is 0.698. The normalized spacial score (nSPS) is 11.8. The highest BCUT2D eigenvalue weighted by Gasteiger charge is 2.35. The maximum Gasteiger partial charge on any atom is 0.249 e. The van der Waals surface area contributed by atoms with Crippen molar-refractivity contribution in [2.24, 2.45) is 0 Å². The molecule has 0 unspecified atom stereocenters. The fourth-order valence-electron chi connectivity index (χ4n) is 2.15. The second kappa shape index (κ2) is 7.12. The van der Waals surface area contributed by atoms with E-state index in [4.69, 9.17) is 0 Å². The van der Waals surface area contributed by atoms with Gasteiger partial charge in [0.1, 0.15) is 0 Å². The number of benzene rings is 2. The van der Waals surface area contributed by atoms with Gasteiger partial charge in [-0.1, -0.05) is 24.3 Å². The van der Waals surface area contributed by atoms with Crippen LogP contribution in [0.1, 0.15) is 22.8 Å². The lowest BCUT2D eigenvalue weighted by atomic mass is 10.1. The van der Waals surface area contributed by atoms with Gasteiger partial charge in [0, 0.05) is 19.2 Å². The molecule has 0 radical (unpaired) electrons. The van der Waals surface area contributed by atoms with E-state index in [0.29, 0.717) is 15.4 Å². The molecular weight excluding hydrogens is 381 g/mol.